The molecule has 7 aromatic rings. The number of benzene rings is 7. The molecule has 0 aliphatic heterocycles. The first-order chi connectivity index (χ1) is 32.0. The van der Waals surface area contributed by atoms with Gasteiger partial charge in [0.1, 0.15) is 50.6 Å². The average Bonchev–Trinajstić information content (AvgIpc) is 3.25. The number of amides is 3. The molecule has 24 nitrogen and oxygen atoms in total. The second-order valence-electron chi connectivity index (χ2n) is 14.2. The minimum atomic E-state index is -5.45. The molecule has 0 atom stereocenters. The number of hydrogen-bond acceptors (Lipinski definition) is 22. The fourth-order valence-electron chi connectivity index (χ4n) is 6.77. The van der Waals surface area contributed by atoms with Crippen molar-refractivity contribution < 1.29 is 271 Å². The van der Waals surface area contributed by atoms with Crippen molar-refractivity contribution in [2.24, 2.45) is 0 Å². The Labute approximate surface area is 563 Å². The molecule has 36 heteroatoms. The van der Waals surface area contributed by atoms with Crippen LogP contribution in [0.2, 0.25) is 0 Å². The maximum atomic E-state index is 13.9. The first-order valence-electron chi connectivity index (χ1n) is 18.2. The van der Waals surface area contributed by atoms with Crippen LogP contribution >= 0.6 is 12.0 Å². The van der Waals surface area contributed by atoms with E-state index in [9.17, 15) is 84.5 Å². The number of rotatable bonds is 14. The van der Waals surface area contributed by atoms with Crippen LogP contribution in [0.15, 0.2) is 139 Å². The van der Waals surface area contributed by atoms with Gasteiger partial charge in [0, 0.05) is 54.8 Å². The number of carbonyl (C=O) groups is 3. The molecule has 0 fully saturated rings. The number of fused-ring (bicyclic) bond motifs is 3. The van der Waals surface area contributed by atoms with Crippen LogP contribution in [0.4, 0.5) is 17.1 Å². The standard InChI is InChI=1S/C39H27N3O21S6.6Na/c43-37(40-25-4-1-19-10-28(64-63-62-46)16-34(31(19)13-25)67(53,54)55)22-7-23(38(44)41-26-5-2-20-11-29(65(47,48)49)17-35(32(20)14-26)68(56,57)58)9-24(8-22)39(45)42-27-6-3-21-12-30(66(50,51)52)18-36(33(21)15-27)69(59,60)61;;;;;;/h1-18,46H,(H,40,43)(H,41,44)(H,42,45)(H,47,48,49)(H,50,51,52)(H,53,54,55)(H,56,57,58)(H,59,60,61);;;;;;/q;6*+1/p-6. The Bertz CT molecular complexity index is 3810. The molecule has 0 saturated heterocycles. The van der Waals surface area contributed by atoms with Crippen LogP contribution in [0.25, 0.3) is 32.3 Å². The molecule has 0 aromatic heterocycles. The largest absolute Gasteiger partial charge is 1.00 e. The van der Waals surface area contributed by atoms with Crippen molar-refractivity contribution in [3.8, 4) is 0 Å². The first kappa shape index (κ1) is 72.5. The van der Waals surface area contributed by atoms with Gasteiger partial charge in [-0.25, -0.2) is 42.1 Å². The minimum Gasteiger partial charge on any atom is -0.744 e. The monoisotopic (exact) mass is 1200 g/mol. The topological polar surface area (TPSA) is 415 Å². The van der Waals surface area contributed by atoms with Crippen LogP contribution in [0.5, 0.6) is 0 Å². The van der Waals surface area contributed by atoms with Crippen LogP contribution < -0.4 is 199 Å². The van der Waals surface area contributed by atoms with Crippen LogP contribution in [0.3, 0.4) is 0 Å². The van der Waals surface area contributed by atoms with Gasteiger partial charge in [-0.2, -0.15) is 4.33 Å². The molecule has 7 rings (SSSR count). The van der Waals surface area contributed by atoms with E-state index in [1.54, 1.807) is 0 Å². The van der Waals surface area contributed by atoms with E-state index in [0.29, 0.717) is 12.1 Å². The summed E-state index contributed by atoms with van der Waals surface area (Å²) in [5.41, 5.74) is -2.11. The van der Waals surface area contributed by atoms with Crippen LogP contribution in [0, 0.1) is 0 Å². The van der Waals surface area contributed by atoms with Crippen LogP contribution in [-0.2, 0) is 60.0 Å². The predicted molar refractivity (Wildman–Crippen MR) is 230 cm³/mol. The van der Waals surface area contributed by atoms with Crippen molar-refractivity contribution in [2.75, 3.05) is 16.0 Å². The fraction of sp³-hybridized carbons (Fsp3) is 0. The third-order valence-electron chi connectivity index (χ3n) is 9.71. The van der Waals surface area contributed by atoms with E-state index in [1.807, 2.05) is 0 Å². The zero-order valence-corrected chi connectivity index (χ0v) is 56.3. The normalized spacial score (nSPS) is 11.5. The third-order valence-corrected chi connectivity index (χ3v) is 14.5. The maximum absolute atomic E-state index is 13.9. The molecule has 0 bridgehead atoms. The number of nitrogens with one attached hydrogen (secondary N) is 3. The van der Waals surface area contributed by atoms with Crippen molar-refractivity contribution in [1.82, 2.24) is 0 Å². The van der Waals surface area contributed by atoms with Crippen molar-refractivity contribution >= 4 is 130 Å². The zero-order chi connectivity index (χ0) is 50.6. The van der Waals surface area contributed by atoms with Gasteiger partial charge in [0.2, 0.25) is 0 Å². The van der Waals surface area contributed by atoms with Gasteiger partial charge in [-0.05, 0) is 107 Å². The van der Waals surface area contributed by atoms with Gasteiger partial charge < -0.3 is 44.0 Å². The van der Waals surface area contributed by atoms with Gasteiger partial charge >= 0.3 is 177 Å². The molecule has 0 saturated carbocycles. The van der Waals surface area contributed by atoms with Gasteiger partial charge in [0.05, 0.1) is 36.5 Å². The molecule has 360 valence electrons. The molecule has 0 aliphatic carbocycles. The van der Waals surface area contributed by atoms with Crippen molar-refractivity contribution in [3.63, 3.8) is 0 Å². The summed E-state index contributed by atoms with van der Waals surface area (Å²) >= 11 is 0.285. The van der Waals surface area contributed by atoms with Crippen molar-refractivity contribution in [1.29, 1.82) is 0 Å². The fourth-order valence-corrected chi connectivity index (χ4v) is 10.7. The molecule has 3 N–H and O–H groups in total. The quantitative estimate of drug-likeness (QED) is 0.0299. The average molecular weight is 1200 g/mol. The number of anilines is 3. The van der Waals surface area contributed by atoms with Gasteiger partial charge in [-0.3, -0.25) is 19.4 Å². The van der Waals surface area contributed by atoms with Crippen molar-refractivity contribution in [2.45, 2.75) is 29.4 Å². The third kappa shape index (κ3) is 18.0. The van der Waals surface area contributed by atoms with E-state index >= 15 is 0 Å². The molecule has 3 amide bonds. The summed E-state index contributed by atoms with van der Waals surface area (Å²) in [6.07, 6.45) is 0. The summed E-state index contributed by atoms with van der Waals surface area (Å²) in [5.74, 6) is -3.34. The molecular weight excluding hydrogens is 1180 g/mol. The summed E-state index contributed by atoms with van der Waals surface area (Å²) in [4.78, 5) is 36.5. The van der Waals surface area contributed by atoms with Gasteiger partial charge in [-0.1, -0.05) is 18.2 Å². The van der Waals surface area contributed by atoms with Crippen LogP contribution in [-0.4, -0.2) is 82.6 Å². The number of carbonyl (C=O) groups excluding carboxylic acids is 3. The molecule has 0 spiro atoms. The Hall–Kier alpha value is -0.490. The summed E-state index contributed by atoms with van der Waals surface area (Å²) < 4.78 is 184. The van der Waals surface area contributed by atoms with Gasteiger partial charge in [0.15, 0.2) is 0 Å². The Kier molecular flexibility index (Phi) is 27.5. The Morgan fingerprint density at radius 2 is 0.680 bits per heavy atom. The molecule has 0 heterocycles. The second kappa shape index (κ2) is 28.5. The SMILES string of the molecule is O=C(Nc1ccc2cc(SOO[O-])cc(S(=O)(=O)[O-])c2c1)c1cc(C(=O)Nc2ccc3cc(S(=O)(=O)[O-])cc(S(=O)(=O)[O-])c3c2)cc(C(=O)Nc2ccc3cc(S(=O)(=O)[O-])cc(S(=O)(=O)[O-])c3c2)c1.[Na+].[Na+].[Na+].[Na+].[Na+].[Na+]. The molecule has 0 unspecified atom stereocenters. The molecular formula is C39H21N3Na6O21S6. The smallest absolute Gasteiger partial charge is 0.744 e. The second-order valence-corrected chi connectivity index (χ2v) is 21.8. The minimum absolute atomic E-state index is 0. The maximum Gasteiger partial charge on any atom is 1.00 e. The molecule has 0 aliphatic rings. The number of hydrogen-bond donors (Lipinski definition) is 3. The van der Waals surface area contributed by atoms with E-state index in [0.717, 1.165) is 78.9 Å². The van der Waals surface area contributed by atoms with E-state index in [1.165, 1.54) is 18.2 Å². The predicted octanol–water partition coefficient (Wildman–Crippen LogP) is -15.3. The molecule has 75 heavy (non-hydrogen) atoms. The first-order valence-corrected chi connectivity index (χ1v) is 26.0. The van der Waals surface area contributed by atoms with E-state index in [2.05, 4.69) is 25.3 Å². The molecule has 7 aromatic carbocycles. The summed E-state index contributed by atoms with van der Waals surface area (Å²) in [6, 6.07) is 17.1. The van der Waals surface area contributed by atoms with Crippen molar-refractivity contribution in [3.05, 3.63) is 126 Å². The summed E-state index contributed by atoms with van der Waals surface area (Å²) in [7, 11) is -26.6. The van der Waals surface area contributed by atoms with Gasteiger partial charge in [-0.15, -0.1) is 0 Å². The Morgan fingerprint density at radius 1 is 0.387 bits per heavy atom. The Balaban J connectivity index is 0.00000469. The molecule has 0 radical (unpaired) electrons. The summed E-state index contributed by atoms with van der Waals surface area (Å²) in [5, 5.41) is 19.3. The van der Waals surface area contributed by atoms with Gasteiger partial charge in [0.25, 0.3) is 17.7 Å². The van der Waals surface area contributed by atoms with E-state index < -0.39 is 120 Å². The summed E-state index contributed by atoms with van der Waals surface area (Å²) in [6.45, 7) is 0. The zero-order valence-electron chi connectivity index (χ0n) is 39.4. The van der Waals surface area contributed by atoms with E-state index in [-0.39, 0.29) is 233 Å². The van der Waals surface area contributed by atoms with Crippen LogP contribution in [0.1, 0.15) is 31.1 Å². The van der Waals surface area contributed by atoms with E-state index in [4.69, 9.17) is 0 Å². The Morgan fingerprint density at radius 3 is 0.960 bits per heavy atom.